The van der Waals surface area contributed by atoms with Crippen molar-refractivity contribution in [2.24, 2.45) is 5.92 Å². The second-order valence-corrected chi connectivity index (χ2v) is 9.40. The average molecular weight is 509 g/mol. The molecule has 0 bridgehead atoms. The van der Waals surface area contributed by atoms with Gasteiger partial charge in [-0.3, -0.25) is 0 Å². The van der Waals surface area contributed by atoms with Crippen molar-refractivity contribution in [3.63, 3.8) is 0 Å². The zero-order valence-electron chi connectivity index (χ0n) is 20.9. The van der Waals surface area contributed by atoms with Crippen LogP contribution in [-0.2, 0) is 11.2 Å². The first kappa shape index (κ1) is 24.6. The van der Waals surface area contributed by atoms with Crippen LogP contribution in [0.1, 0.15) is 41.4 Å². The normalized spacial score (nSPS) is 21.8. The fraction of sp³-hybridized carbons (Fsp3) is 0.321. The summed E-state index contributed by atoms with van der Waals surface area (Å²) in [5.74, 6) is -0.982. The Morgan fingerprint density at radius 3 is 2.41 bits per heavy atom. The highest BCUT2D eigenvalue weighted by molar-refractivity contribution is 5.91. The van der Waals surface area contributed by atoms with Crippen molar-refractivity contribution in [2.75, 3.05) is 21.0 Å². The lowest BCUT2D eigenvalue weighted by atomic mass is 9.73. The minimum atomic E-state index is -1.57. The molecule has 1 aliphatic carbocycles. The van der Waals surface area contributed by atoms with Gasteiger partial charge in [0.15, 0.2) is 29.1 Å². The molecule has 0 fully saturated rings. The van der Waals surface area contributed by atoms with Crippen LogP contribution >= 0.6 is 0 Å². The number of phenols is 2. The van der Waals surface area contributed by atoms with Crippen molar-refractivity contribution in [3.8, 4) is 45.6 Å². The lowest BCUT2D eigenvalue weighted by molar-refractivity contribution is -0.107. The van der Waals surface area contributed by atoms with Crippen LogP contribution in [-0.4, -0.2) is 47.9 Å². The molecule has 5 rings (SSSR count). The summed E-state index contributed by atoms with van der Waals surface area (Å²) in [5.41, 5.74) is 0.509. The van der Waals surface area contributed by atoms with E-state index in [1.165, 1.54) is 20.3 Å². The van der Waals surface area contributed by atoms with E-state index in [9.17, 15) is 20.1 Å². The van der Waals surface area contributed by atoms with Gasteiger partial charge in [0.2, 0.25) is 18.3 Å². The van der Waals surface area contributed by atoms with Crippen LogP contribution in [0.15, 0.2) is 42.5 Å². The number of esters is 1. The van der Waals surface area contributed by atoms with Crippen LogP contribution in [0.4, 0.5) is 0 Å². The van der Waals surface area contributed by atoms with Gasteiger partial charge in [-0.25, -0.2) is 4.79 Å². The Kier molecular flexibility index (Phi) is 6.03. The Labute approximate surface area is 213 Å². The van der Waals surface area contributed by atoms with Crippen LogP contribution in [0.3, 0.4) is 0 Å². The zero-order valence-corrected chi connectivity index (χ0v) is 20.9. The number of hydrogen-bond donors (Lipinski definition) is 3. The number of carbonyl (C=O) groups is 1. The molecule has 194 valence electrons. The smallest absolute Gasteiger partial charge is 0.338 e. The number of phenolic OH excluding ortho intramolecular Hbond substituents is 2. The maximum atomic E-state index is 13.3. The fourth-order valence-electron chi connectivity index (χ4n) is 5.05. The summed E-state index contributed by atoms with van der Waals surface area (Å²) in [5, 5.41) is 33.1. The molecule has 9 heteroatoms. The molecule has 0 radical (unpaired) electrons. The molecule has 0 spiro atoms. The molecule has 0 saturated carbocycles. The van der Waals surface area contributed by atoms with Gasteiger partial charge in [0.1, 0.15) is 5.60 Å². The number of benzene rings is 3. The largest absolute Gasteiger partial charge is 0.504 e. The molecule has 9 nitrogen and oxygen atoms in total. The van der Waals surface area contributed by atoms with Gasteiger partial charge in [-0.1, -0.05) is 25.1 Å². The molecule has 2 aliphatic rings. The van der Waals surface area contributed by atoms with Gasteiger partial charge in [0.05, 0.1) is 19.8 Å². The third-order valence-electron chi connectivity index (χ3n) is 7.20. The standard InChI is InChI=1S/C28H28O9/c1-14-10-16-11-18(29)22(30)24(33-3)20(16)21-17(12-19-23(25(21)34-4)36-13-35-19)26(28(14,2)32)37-27(31)15-8-6-5-7-9-15/h5-9,11-12,14,26,29-30,32H,10,13H2,1-4H3/t14-,26-,28+/m0/s1. The first-order valence-corrected chi connectivity index (χ1v) is 11.8. The number of methoxy groups -OCH3 is 2. The number of aliphatic hydroxyl groups is 1. The summed E-state index contributed by atoms with van der Waals surface area (Å²) in [6.07, 6.45) is -0.925. The molecule has 0 aromatic heterocycles. The second-order valence-electron chi connectivity index (χ2n) is 9.40. The van der Waals surface area contributed by atoms with Crippen LogP contribution < -0.4 is 18.9 Å². The van der Waals surface area contributed by atoms with Crippen molar-refractivity contribution < 1.29 is 43.8 Å². The Balaban J connectivity index is 1.84. The number of carbonyl (C=O) groups excluding carboxylic acids is 1. The highest BCUT2D eigenvalue weighted by Gasteiger charge is 2.47. The van der Waals surface area contributed by atoms with Crippen molar-refractivity contribution in [1.29, 1.82) is 0 Å². The van der Waals surface area contributed by atoms with Gasteiger partial charge in [-0.2, -0.15) is 0 Å². The van der Waals surface area contributed by atoms with Gasteiger partial charge in [-0.15, -0.1) is 0 Å². The van der Waals surface area contributed by atoms with E-state index in [0.29, 0.717) is 39.3 Å². The average Bonchev–Trinajstić information content (AvgIpc) is 3.36. The van der Waals surface area contributed by atoms with Gasteiger partial charge in [-0.05, 0) is 49.1 Å². The quantitative estimate of drug-likeness (QED) is 0.348. The Bertz CT molecular complexity index is 1360. The lowest BCUT2D eigenvalue weighted by Gasteiger charge is -2.41. The van der Waals surface area contributed by atoms with Crippen LogP contribution in [0.5, 0.6) is 34.5 Å². The van der Waals surface area contributed by atoms with Crippen molar-refractivity contribution in [3.05, 3.63) is 59.2 Å². The summed E-state index contributed by atoms with van der Waals surface area (Å²) < 4.78 is 28.7. The molecule has 0 unspecified atom stereocenters. The molecule has 3 N–H and O–H groups in total. The molecule has 3 aromatic rings. The van der Waals surface area contributed by atoms with E-state index in [1.54, 1.807) is 43.3 Å². The minimum absolute atomic E-state index is 0.00953. The summed E-state index contributed by atoms with van der Waals surface area (Å²) in [6.45, 7) is 3.36. The van der Waals surface area contributed by atoms with Gasteiger partial charge in [0.25, 0.3) is 0 Å². The monoisotopic (exact) mass is 508 g/mol. The Hall–Kier alpha value is -4.11. The first-order valence-electron chi connectivity index (χ1n) is 11.8. The predicted octanol–water partition coefficient (Wildman–Crippen LogP) is 4.35. The molecular weight excluding hydrogens is 480 g/mol. The highest BCUT2D eigenvalue weighted by Crippen LogP contribution is 2.58. The van der Waals surface area contributed by atoms with Crippen LogP contribution in [0.25, 0.3) is 11.1 Å². The van der Waals surface area contributed by atoms with E-state index >= 15 is 0 Å². The van der Waals surface area contributed by atoms with E-state index in [-0.39, 0.29) is 30.5 Å². The van der Waals surface area contributed by atoms with E-state index < -0.39 is 29.3 Å². The van der Waals surface area contributed by atoms with Crippen LogP contribution in [0.2, 0.25) is 0 Å². The number of rotatable bonds is 4. The third-order valence-corrected chi connectivity index (χ3v) is 7.20. The highest BCUT2D eigenvalue weighted by atomic mass is 16.7. The SMILES string of the molecule is COc1c(O)c(O)cc2c1-c1c(cc3c(c1OC)OCO3)[C@H](OC(=O)c1ccccc1)[C@](C)(O)[C@@H](C)C2. The molecule has 3 atom stereocenters. The fourth-order valence-corrected chi connectivity index (χ4v) is 5.05. The van der Waals surface area contributed by atoms with Crippen molar-refractivity contribution in [1.82, 2.24) is 0 Å². The van der Waals surface area contributed by atoms with E-state index in [0.717, 1.165) is 0 Å². The maximum absolute atomic E-state index is 13.3. The summed E-state index contributed by atoms with van der Waals surface area (Å²) in [7, 11) is 2.83. The summed E-state index contributed by atoms with van der Waals surface area (Å²) in [6, 6.07) is 11.6. The number of fused-ring (bicyclic) bond motifs is 4. The summed E-state index contributed by atoms with van der Waals surface area (Å²) in [4.78, 5) is 13.3. The molecule has 0 amide bonds. The number of aromatic hydroxyl groups is 2. The van der Waals surface area contributed by atoms with Crippen molar-refractivity contribution in [2.45, 2.75) is 32.0 Å². The molecule has 1 heterocycles. The number of hydrogen-bond acceptors (Lipinski definition) is 9. The van der Waals surface area contributed by atoms with Crippen LogP contribution in [0, 0.1) is 5.92 Å². The minimum Gasteiger partial charge on any atom is -0.504 e. The molecule has 37 heavy (non-hydrogen) atoms. The Morgan fingerprint density at radius 2 is 1.73 bits per heavy atom. The van der Waals surface area contributed by atoms with Crippen molar-refractivity contribution >= 4 is 5.97 Å². The van der Waals surface area contributed by atoms with E-state index in [1.807, 2.05) is 6.92 Å². The van der Waals surface area contributed by atoms with E-state index in [4.69, 9.17) is 23.7 Å². The molecular formula is C28H28O9. The molecule has 1 aliphatic heterocycles. The second kappa shape index (κ2) is 9.08. The lowest BCUT2D eigenvalue weighted by Crippen LogP contribution is -2.43. The van der Waals surface area contributed by atoms with E-state index in [2.05, 4.69) is 0 Å². The van der Waals surface area contributed by atoms with Gasteiger partial charge >= 0.3 is 5.97 Å². The number of ether oxygens (including phenoxy) is 5. The topological polar surface area (TPSA) is 124 Å². The molecule has 3 aromatic carbocycles. The van der Waals surface area contributed by atoms with Gasteiger partial charge in [0, 0.05) is 16.7 Å². The van der Waals surface area contributed by atoms with Gasteiger partial charge < -0.3 is 39.0 Å². The first-order chi connectivity index (χ1) is 17.7. The predicted molar refractivity (Wildman–Crippen MR) is 133 cm³/mol. The zero-order chi connectivity index (χ0) is 26.5. The summed E-state index contributed by atoms with van der Waals surface area (Å²) >= 11 is 0. The maximum Gasteiger partial charge on any atom is 0.338 e. The Morgan fingerprint density at radius 1 is 1.03 bits per heavy atom. The third kappa shape index (κ3) is 3.86. The molecule has 0 saturated heterocycles.